The summed E-state index contributed by atoms with van der Waals surface area (Å²) in [6.45, 7) is 4.67. The number of para-hydroxylation sites is 1. The second-order valence-corrected chi connectivity index (χ2v) is 7.48. The van der Waals surface area contributed by atoms with Crippen LogP contribution < -0.4 is 14.5 Å². The van der Waals surface area contributed by atoms with Crippen molar-refractivity contribution in [1.82, 2.24) is 4.90 Å². The third-order valence-corrected chi connectivity index (χ3v) is 5.84. The first-order valence-corrected chi connectivity index (χ1v) is 10.2. The normalized spacial score (nSPS) is 18.6. The summed E-state index contributed by atoms with van der Waals surface area (Å²) < 4.78 is 5.32. The Morgan fingerprint density at radius 2 is 1.79 bits per heavy atom. The van der Waals surface area contributed by atoms with Gasteiger partial charge in [-0.1, -0.05) is 31.2 Å². The topological polar surface area (TPSA) is 53.1 Å². The van der Waals surface area contributed by atoms with Crippen molar-refractivity contribution in [2.24, 2.45) is 0 Å². The molecular formula is C23H27N3O3. The van der Waals surface area contributed by atoms with Gasteiger partial charge in [-0.25, -0.2) is 0 Å². The van der Waals surface area contributed by atoms with Crippen LogP contribution in [0.15, 0.2) is 48.5 Å². The highest BCUT2D eigenvalue weighted by Crippen LogP contribution is 2.33. The number of nitrogens with zero attached hydrogens (tertiary/aromatic N) is 3. The zero-order valence-electron chi connectivity index (χ0n) is 17.0. The second-order valence-electron chi connectivity index (χ2n) is 7.48. The number of piperazine rings is 1. The zero-order valence-corrected chi connectivity index (χ0v) is 17.0. The molecule has 6 nitrogen and oxygen atoms in total. The van der Waals surface area contributed by atoms with Gasteiger partial charge in [-0.3, -0.25) is 14.5 Å². The smallest absolute Gasteiger partial charge is 0.246 e. The lowest BCUT2D eigenvalue weighted by Gasteiger charge is -2.38. The van der Waals surface area contributed by atoms with Gasteiger partial charge in [0.2, 0.25) is 11.8 Å². The Kier molecular flexibility index (Phi) is 5.43. The van der Waals surface area contributed by atoms with Crippen molar-refractivity contribution < 1.29 is 14.3 Å². The average Bonchev–Trinajstić information content (AvgIpc) is 3.18. The molecule has 2 aliphatic heterocycles. The van der Waals surface area contributed by atoms with Crippen molar-refractivity contribution in [3.63, 3.8) is 0 Å². The Morgan fingerprint density at radius 1 is 1.03 bits per heavy atom. The zero-order chi connectivity index (χ0) is 20.4. The van der Waals surface area contributed by atoms with Crippen molar-refractivity contribution in [2.45, 2.75) is 25.8 Å². The van der Waals surface area contributed by atoms with Crippen LogP contribution in [0.2, 0.25) is 0 Å². The molecule has 29 heavy (non-hydrogen) atoms. The van der Waals surface area contributed by atoms with Gasteiger partial charge in [-0.05, 0) is 23.8 Å². The highest BCUT2D eigenvalue weighted by Gasteiger charge is 2.40. The van der Waals surface area contributed by atoms with Crippen LogP contribution in [0.3, 0.4) is 0 Å². The van der Waals surface area contributed by atoms with Crippen LogP contribution in [0, 0.1) is 0 Å². The van der Waals surface area contributed by atoms with Gasteiger partial charge in [-0.15, -0.1) is 0 Å². The molecule has 2 aromatic carbocycles. The monoisotopic (exact) mass is 393 g/mol. The highest BCUT2D eigenvalue weighted by molar-refractivity contribution is 6.03. The van der Waals surface area contributed by atoms with Crippen molar-refractivity contribution in [1.29, 1.82) is 0 Å². The molecule has 0 spiro atoms. The molecule has 0 aliphatic carbocycles. The predicted octanol–water partition coefficient (Wildman–Crippen LogP) is 2.71. The van der Waals surface area contributed by atoms with E-state index in [0.29, 0.717) is 25.9 Å². The molecule has 2 aliphatic rings. The molecular weight excluding hydrogens is 366 g/mol. The Labute approximate surface area is 171 Å². The van der Waals surface area contributed by atoms with E-state index in [-0.39, 0.29) is 11.8 Å². The van der Waals surface area contributed by atoms with Crippen LogP contribution in [0.25, 0.3) is 0 Å². The van der Waals surface area contributed by atoms with Crippen molar-refractivity contribution in [3.8, 4) is 5.75 Å². The lowest BCUT2D eigenvalue weighted by Crippen LogP contribution is -2.55. The van der Waals surface area contributed by atoms with Crippen LogP contribution in [-0.2, 0) is 16.0 Å². The molecule has 0 radical (unpaired) electrons. The quantitative estimate of drug-likeness (QED) is 0.802. The van der Waals surface area contributed by atoms with Crippen LogP contribution in [0.5, 0.6) is 5.75 Å². The van der Waals surface area contributed by atoms with Crippen LogP contribution >= 0.6 is 0 Å². The Hall–Kier alpha value is -3.02. The average molecular weight is 393 g/mol. The first-order chi connectivity index (χ1) is 14.1. The van der Waals surface area contributed by atoms with Gasteiger partial charge < -0.3 is 14.5 Å². The second kappa shape index (κ2) is 8.15. The van der Waals surface area contributed by atoms with E-state index in [9.17, 15) is 9.59 Å². The Bertz CT molecular complexity index is 906. The number of carbonyl (C=O) groups excluding carboxylic acids is 2. The third kappa shape index (κ3) is 3.67. The number of rotatable bonds is 4. The van der Waals surface area contributed by atoms with Gasteiger partial charge in [-0.2, -0.15) is 0 Å². The summed E-state index contributed by atoms with van der Waals surface area (Å²) in [6, 6.07) is 15.4. The molecule has 0 saturated carbocycles. The largest absolute Gasteiger partial charge is 0.497 e. The van der Waals surface area contributed by atoms with Crippen molar-refractivity contribution in [2.75, 3.05) is 43.1 Å². The fraction of sp³-hybridized carbons (Fsp3) is 0.391. The molecule has 0 unspecified atom stereocenters. The summed E-state index contributed by atoms with van der Waals surface area (Å²) in [7, 11) is 1.67. The minimum absolute atomic E-state index is 0.00307. The van der Waals surface area contributed by atoms with Gasteiger partial charge in [0, 0.05) is 56.5 Å². The number of amides is 2. The van der Waals surface area contributed by atoms with E-state index >= 15 is 0 Å². The van der Waals surface area contributed by atoms with E-state index in [1.165, 1.54) is 0 Å². The molecule has 1 fully saturated rings. The number of ether oxygens (including phenoxy) is 1. The van der Waals surface area contributed by atoms with Gasteiger partial charge in [0.25, 0.3) is 0 Å². The molecule has 6 heteroatoms. The Balaban J connectivity index is 1.46. The van der Waals surface area contributed by atoms with E-state index in [1.807, 2.05) is 54.3 Å². The van der Waals surface area contributed by atoms with E-state index in [2.05, 4.69) is 11.0 Å². The lowest BCUT2D eigenvalue weighted by molar-refractivity contribution is -0.134. The number of benzene rings is 2. The van der Waals surface area contributed by atoms with Gasteiger partial charge >= 0.3 is 0 Å². The summed E-state index contributed by atoms with van der Waals surface area (Å²) >= 11 is 0. The van der Waals surface area contributed by atoms with Crippen LogP contribution in [0.1, 0.15) is 18.9 Å². The van der Waals surface area contributed by atoms with E-state index in [4.69, 9.17) is 4.74 Å². The van der Waals surface area contributed by atoms with Gasteiger partial charge in [0.1, 0.15) is 11.8 Å². The summed E-state index contributed by atoms with van der Waals surface area (Å²) in [5.74, 6) is 0.884. The number of fused-ring (bicyclic) bond motifs is 1. The van der Waals surface area contributed by atoms with Crippen LogP contribution in [-0.4, -0.2) is 56.0 Å². The summed E-state index contributed by atoms with van der Waals surface area (Å²) in [5.41, 5.74) is 3.06. The van der Waals surface area contributed by atoms with Crippen LogP contribution in [0.4, 0.5) is 11.4 Å². The molecule has 2 amide bonds. The fourth-order valence-electron chi connectivity index (χ4n) is 4.27. The van der Waals surface area contributed by atoms with E-state index < -0.39 is 6.04 Å². The fourth-order valence-corrected chi connectivity index (χ4v) is 4.27. The SMILES string of the molecule is CCC(=O)N1c2ccccc2C[C@@H]1C(=O)N1CCN(c2cccc(OC)c2)CC1. The molecule has 2 heterocycles. The molecule has 1 saturated heterocycles. The van der Waals surface area contributed by atoms with Gasteiger partial charge in [0.05, 0.1) is 7.11 Å². The molecule has 0 bridgehead atoms. The van der Waals surface area contributed by atoms with E-state index in [0.717, 1.165) is 35.8 Å². The molecule has 1 atom stereocenters. The Morgan fingerprint density at radius 3 is 2.52 bits per heavy atom. The number of anilines is 2. The molecule has 0 aromatic heterocycles. The number of hydrogen-bond acceptors (Lipinski definition) is 4. The minimum atomic E-state index is -0.428. The molecule has 4 rings (SSSR count). The third-order valence-electron chi connectivity index (χ3n) is 5.84. The minimum Gasteiger partial charge on any atom is -0.497 e. The predicted molar refractivity (Wildman–Crippen MR) is 113 cm³/mol. The summed E-state index contributed by atoms with van der Waals surface area (Å²) in [5, 5.41) is 0. The standard InChI is InChI=1S/C23H27N3O3/c1-3-22(27)26-20-10-5-4-7-17(20)15-21(26)23(28)25-13-11-24(12-14-25)18-8-6-9-19(16-18)29-2/h4-10,16,21H,3,11-15H2,1-2H3/t21-/m1/s1. The summed E-state index contributed by atoms with van der Waals surface area (Å²) in [4.78, 5) is 31.8. The van der Waals surface area contributed by atoms with Crippen molar-refractivity contribution in [3.05, 3.63) is 54.1 Å². The lowest BCUT2D eigenvalue weighted by atomic mass is 10.1. The summed E-state index contributed by atoms with van der Waals surface area (Å²) in [6.07, 6.45) is 0.985. The molecule has 2 aromatic rings. The maximum atomic E-state index is 13.3. The number of methoxy groups -OCH3 is 1. The van der Waals surface area contributed by atoms with Crippen molar-refractivity contribution >= 4 is 23.2 Å². The highest BCUT2D eigenvalue weighted by atomic mass is 16.5. The number of hydrogen-bond donors (Lipinski definition) is 0. The van der Waals surface area contributed by atoms with E-state index in [1.54, 1.807) is 12.0 Å². The molecule has 152 valence electrons. The first-order valence-electron chi connectivity index (χ1n) is 10.2. The number of carbonyl (C=O) groups is 2. The van der Waals surface area contributed by atoms with Gasteiger partial charge in [0.15, 0.2) is 0 Å². The first kappa shape index (κ1) is 19.3. The molecule has 0 N–H and O–H groups in total. The maximum absolute atomic E-state index is 13.3. The maximum Gasteiger partial charge on any atom is 0.246 e.